The van der Waals surface area contributed by atoms with Crippen molar-refractivity contribution in [3.05, 3.63) is 0 Å². The van der Waals surface area contributed by atoms with E-state index >= 15 is 0 Å². The molecule has 2 fully saturated rings. The van der Waals surface area contributed by atoms with Gasteiger partial charge in [-0.25, -0.2) is 0 Å². The number of piperidine rings is 1. The Kier molecular flexibility index (Phi) is 6.43. The first-order valence-corrected chi connectivity index (χ1v) is 9.60. The van der Waals surface area contributed by atoms with Gasteiger partial charge in [-0.15, -0.1) is 0 Å². The van der Waals surface area contributed by atoms with E-state index in [1.165, 1.54) is 0 Å². The van der Waals surface area contributed by atoms with Gasteiger partial charge in [-0.2, -0.15) is 17.4 Å². The maximum absolute atomic E-state index is 12.7. The van der Waals surface area contributed by atoms with Crippen molar-refractivity contribution in [3.63, 3.8) is 0 Å². The van der Waals surface area contributed by atoms with Gasteiger partial charge >= 0.3 is 0 Å². The van der Waals surface area contributed by atoms with E-state index in [9.17, 15) is 8.42 Å². The van der Waals surface area contributed by atoms with Crippen LogP contribution in [0.1, 0.15) is 46.0 Å². The summed E-state index contributed by atoms with van der Waals surface area (Å²) < 4.78 is 35.3. The lowest BCUT2D eigenvalue weighted by atomic mass is 10.1. The molecule has 0 aliphatic carbocycles. The zero-order valence-corrected chi connectivity index (χ0v) is 14.0. The molecule has 2 aliphatic rings. The lowest BCUT2D eigenvalue weighted by molar-refractivity contribution is 0.116. The summed E-state index contributed by atoms with van der Waals surface area (Å²) in [7, 11) is -3.42. The molecule has 0 aromatic rings. The van der Waals surface area contributed by atoms with Crippen LogP contribution < -0.4 is 10.0 Å². The van der Waals surface area contributed by atoms with Gasteiger partial charge in [0.15, 0.2) is 0 Å². The van der Waals surface area contributed by atoms with E-state index in [4.69, 9.17) is 4.74 Å². The lowest BCUT2D eigenvalue weighted by Crippen LogP contribution is -2.55. The SMILES string of the molecule is CCCNCC1CCCCN1S(=O)(=O)NC1CCOC1C. The summed E-state index contributed by atoms with van der Waals surface area (Å²) in [6.07, 6.45) is 4.77. The average molecular weight is 319 g/mol. The molecule has 0 bridgehead atoms. The number of nitrogens with one attached hydrogen (secondary N) is 2. The quantitative estimate of drug-likeness (QED) is 0.683. The van der Waals surface area contributed by atoms with Crippen LogP contribution >= 0.6 is 0 Å². The lowest BCUT2D eigenvalue weighted by Gasteiger charge is -2.35. The van der Waals surface area contributed by atoms with Gasteiger partial charge in [0.25, 0.3) is 10.2 Å². The van der Waals surface area contributed by atoms with Crippen LogP contribution in [0.25, 0.3) is 0 Å². The monoisotopic (exact) mass is 319 g/mol. The molecule has 2 rings (SSSR count). The van der Waals surface area contributed by atoms with Gasteiger partial charge in [0, 0.05) is 25.7 Å². The maximum atomic E-state index is 12.7. The van der Waals surface area contributed by atoms with Crippen LogP contribution in [0.5, 0.6) is 0 Å². The normalized spacial score (nSPS) is 31.6. The van der Waals surface area contributed by atoms with Gasteiger partial charge in [0.1, 0.15) is 0 Å². The van der Waals surface area contributed by atoms with Crippen molar-refractivity contribution < 1.29 is 13.2 Å². The first-order valence-electron chi connectivity index (χ1n) is 8.16. The molecule has 2 N–H and O–H groups in total. The predicted molar refractivity (Wildman–Crippen MR) is 83.4 cm³/mol. The molecule has 3 atom stereocenters. The standard InChI is InChI=1S/C14H29N3O3S/c1-3-8-15-11-13-6-4-5-9-17(13)21(18,19)16-14-7-10-20-12(14)2/h12-16H,3-11H2,1-2H3. The predicted octanol–water partition coefficient (Wildman–Crippen LogP) is 0.852. The maximum Gasteiger partial charge on any atom is 0.280 e. The Morgan fingerprint density at radius 3 is 2.76 bits per heavy atom. The molecule has 0 spiro atoms. The highest BCUT2D eigenvalue weighted by Gasteiger charge is 2.36. The molecule has 0 amide bonds. The molecular weight excluding hydrogens is 290 g/mol. The summed E-state index contributed by atoms with van der Waals surface area (Å²) in [5, 5.41) is 3.35. The highest BCUT2D eigenvalue weighted by atomic mass is 32.2. The van der Waals surface area contributed by atoms with Gasteiger partial charge < -0.3 is 10.1 Å². The molecule has 7 heteroatoms. The minimum absolute atomic E-state index is 0.0405. The average Bonchev–Trinajstić information content (AvgIpc) is 2.84. The molecule has 0 aromatic carbocycles. The molecule has 2 saturated heterocycles. The van der Waals surface area contributed by atoms with E-state index < -0.39 is 10.2 Å². The highest BCUT2D eigenvalue weighted by Crippen LogP contribution is 2.21. The molecule has 21 heavy (non-hydrogen) atoms. The van der Waals surface area contributed by atoms with Crippen LogP contribution in [0.4, 0.5) is 0 Å². The molecule has 2 aliphatic heterocycles. The Morgan fingerprint density at radius 1 is 1.29 bits per heavy atom. The summed E-state index contributed by atoms with van der Waals surface area (Å²) in [6.45, 7) is 6.98. The van der Waals surface area contributed by atoms with Crippen molar-refractivity contribution in [3.8, 4) is 0 Å². The van der Waals surface area contributed by atoms with Gasteiger partial charge in [-0.1, -0.05) is 13.3 Å². The van der Waals surface area contributed by atoms with E-state index in [-0.39, 0.29) is 18.2 Å². The van der Waals surface area contributed by atoms with Crippen molar-refractivity contribution in [1.82, 2.24) is 14.3 Å². The second-order valence-corrected chi connectivity index (χ2v) is 7.71. The number of nitrogens with zero attached hydrogens (tertiary/aromatic N) is 1. The minimum atomic E-state index is -3.42. The van der Waals surface area contributed by atoms with Crippen LogP contribution in [0.2, 0.25) is 0 Å². The molecule has 0 aromatic heterocycles. The van der Waals surface area contributed by atoms with Crippen LogP contribution in [0.3, 0.4) is 0 Å². The fourth-order valence-corrected chi connectivity index (χ4v) is 4.85. The Bertz CT molecular complexity index is 416. The number of hydrogen-bond acceptors (Lipinski definition) is 4. The smallest absolute Gasteiger partial charge is 0.280 e. The first kappa shape index (κ1) is 17.1. The van der Waals surface area contributed by atoms with Crippen molar-refractivity contribution >= 4 is 10.2 Å². The van der Waals surface area contributed by atoms with Crippen LogP contribution in [0, 0.1) is 0 Å². The van der Waals surface area contributed by atoms with E-state index in [0.717, 1.165) is 45.2 Å². The molecule has 6 nitrogen and oxygen atoms in total. The second-order valence-electron chi connectivity index (χ2n) is 6.06. The van der Waals surface area contributed by atoms with E-state index in [1.807, 2.05) is 6.92 Å². The van der Waals surface area contributed by atoms with Gasteiger partial charge in [0.05, 0.1) is 12.1 Å². The van der Waals surface area contributed by atoms with Gasteiger partial charge in [0.2, 0.25) is 0 Å². The third-order valence-electron chi connectivity index (χ3n) is 4.37. The molecule has 124 valence electrons. The fourth-order valence-electron chi connectivity index (χ4n) is 3.09. The third-order valence-corrected chi connectivity index (χ3v) is 6.06. The zero-order chi connectivity index (χ0) is 15.3. The summed E-state index contributed by atoms with van der Waals surface area (Å²) in [6, 6.07) is -0.0263. The van der Waals surface area contributed by atoms with Crippen molar-refractivity contribution in [2.45, 2.75) is 64.1 Å². The Morgan fingerprint density at radius 2 is 2.10 bits per heavy atom. The Labute approximate surface area is 128 Å². The molecule has 2 heterocycles. The Hall–Kier alpha value is -0.210. The molecule has 0 radical (unpaired) electrons. The van der Waals surface area contributed by atoms with Gasteiger partial charge in [-0.05, 0) is 39.2 Å². The van der Waals surface area contributed by atoms with E-state index in [1.54, 1.807) is 4.31 Å². The van der Waals surface area contributed by atoms with Crippen molar-refractivity contribution in [2.24, 2.45) is 0 Å². The van der Waals surface area contributed by atoms with E-state index in [2.05, 4.69) is 17.0 Å². The third kappa shape index (κ3) is 4.63. The summed E-state index contributed by atoms with van der Waals surface area (Å²) in [5.41, 5.74) is 0. The van der Waals surface area contributed by atoms with Crippen LogP contribution in [-0.4, -0.2) is 57.2 Å². The molecule has 0 saturated carbocycles. The van der Waals surface area contributed by atoms with Crippen molar-refractivity contribution in [2.75, 3.05) is 26.2 Å². The Balaban J connectivity index is 1.97. The minimum Gasteiger partial charge on any atom is -0.377 e. The van der Waals surface area contributed by atoms with Crippen LogP contribution in [-0.2, 0) is 14.9 Å². The number of ether oxygens (including phenoxy) is 1. The number of hydrogen-bond donors (Lipinski definition) is 2. The molecular formula is C14H29N3O3S. The first-order chi connectivity index (χ1) is 10.0. The largest absolute Gasteiger partial charge is 0.377 e. The molecule has 3 unspecified atom stereocenters. The summed E-state index contributed by atoms with van der Waals surface area (Å²) >= 11 is 0. The highest BCUT2D eigenvalue weighted by molar-refractivity contribution is 7.87. The fraction of sp³-hybridized carbons (Fsp3) is 1.00. The van der Waals surface area contributed by atoms with Crippen molar-refractivity contribution in [1.29, 1.82) is 0 Å². The zero-order valence-electron chi connectivity index (χ0n) is 13.2. The number of rotatable bonds is 7. The van der Waals surface area contributed by atoms with E-state index in [0.29, 0.717) is 13.2 Å². The topological polar surface area (TPSA) is 70.7 Å². The van der Waals surface area contributed by atoms with Gasteiger partial charge in [-0.3, -0.25) is 0 Å². The summed E-state index contributed by atoms with van der Waals surface area (Å²) in [4.78, 5) is 0. The van der Waals surface area contributed by atoms with Crippen LogP contribution in [0.15, 0.2) is 0 Å². The summed E-state index contributed by atoms with van der Waals surface area (Å²) in [5.74, 6) is 0. The second kappa shape index (κ2) is 7.87.